The van der Waals surface area contributed by atoms with E-state index in [-0.39, 0.29) is 6.03 Å². The quantitative estimate of drug-likeness (QED) is 0.658. The number of carbonyl (C=O) groups is 1. The average molecular weight is 347 g/mol. The monoisotopic (exact) mass is 346 g/mol. The smallest absolute Gasteiger partial charge is 0.315 e. The van der Waals surface area contributed by atoms with Gasteiger partial charge in [0.2, 0.25) is 0 Å². The van der Waals surface area contributed by atoms with E-state index < -0.39 is 6.04 Å². The van der Waals surface area contributed by atoms with Crippen molar-refractivity contribution in [1.82, 2.24) is 31.0 Å². The number of H-pyrrole nitrogens is 1. The van der Waals surface area contributed by atoms with Crippen molar-refractivity contribution in [1.29, 1.82) is 0 Å². The van der Waals surface area contributed by atoms with Crippen LogP contribution in [0.1, 0.15) is 24.5 Å². The highest BCUT2D eigenvalue weighted by molar-refractivity contribution is 6.30. The number of hydrogen-bond donors (Lipinski definition) is 3. The van der Waals surface area contributed by atoms with Crippen LogP contribution in [0.3, 0.4) is 0 Å². The van der Waals surface area contributed by atoms with Crippen LogP contribution in [0.5, 0.6) is 0 Å². The SMILES string of the molecule is C[C@@H](NC(=O)NCc1ccn[nH]1)c1noc(-c2ccc(Cl)cc2)n1. The van der Waals surface area contributed by atoms with Gasteiger partial charge in [0.1, 0.15) is 0 Å². The van der Waals surface area contributed by atoms with Gasteiger partial charge in [0.05, 0.1) is 18.3 Å². The van der Waals surface area contributed by atoms with E-state index in [2.05, 4.69) is 31.0 Å². The van der Waals surface area contributed by atoms with Crippen molar-refractivity contribution in [3.05, 3.63) is 53.1 Å². The molecule has 0 aliphatic rings. The van der Waals surface area contributed by atoms with Crippen molar-refractivity contribution in [3.63, 3.8) is 0 Å². The van der Waals surface area contributed by atoms with Crippen molar-refractivity contribution < 1.29 is 9.32 Å². The summed E-state index contributed by atoms with van der Waals surface area (Å²) < 4.78 is 5.22. The Labute approximate surface area is 142 Å². The number of urea groups is 1. The van der Waals surface area contributed by atoms with E-state index in [1.165, 1.54) is 0 Å². The largest absolute Gasteiger partial charge is 0.334 e. The zero-order chi connectivity index (χ0) is 16.9. The molecule has 0 fully saturated rings. The Kier molecular flexibility index (Phi) is 4.76. The van der Waals surface area contributed by atoms with Crippen LogP contribution in [-0.4, -0.2) is 26.4 Å². The van der Waals surface area contributed by atoms with Crippen LogP contribution in [0.2, 0.25) is 5.02 Å². The molecule has 0 spiro atoms. The molecule has 0 unspecified atom stereocenters. The number of amides is 2. The van der Waals surface area contributed by atoms with Crippen molar-refractivity contribution in [2.75, 3.05) is 0 Å². The molecule has 2 heterocycles. The van der Waals surface area contributed by atoms with Gasteiger partial charge < -0.3 is 15.2 Å². The number of hydrogen-bond acceptors (Lipinski definition) is 5. The maximum atomic E-state index is 11.9. The lowest BCUT2D eigenvalue weighted by molar-refractivity contribution is 0.236. The van der Waals surface area contributed by atoms with Crippen LogP contribution < -0.4 is 10.6 Å². The molecular weight excluding hydrogens is 332 g/mol. The third-order valence-electron chi connectivity index (χ3n) is 3.27. The Balaban J connectivity index is 1.58. The van der Waals surface area contributed by atoms with Crippen molar-refractivity contribution in [2.24, 2.45) is 0 Å². The average Bonchev–Trinajstić information content (AvgIpc) is 3.25. The van der Waals surface area contributed by atoms with Gasteiger partial charge in [0, 0.05) is 16.8 Å². The maximum Gasteiger partial charge on any atom is 0.315 e. The van der Waals surface area contributed by atoms with E-state index in [1.54, 1.807) is 43.5 Å². The van der Waals surface area contributed by atoms with Gasteiger partial charge >= 0.3 is 6.03 Å². The van der Waals surface area contributed by atoms with Gasteiger partial charge in [0.15, 0.2) is 5.82 Å². The van der Waals surface area contributed by atoms with Crippen LogP contribution in [0.15, 0.2) is 41.1 Å². The predicted octanol–water partition coefficient (Wildman–Crippen LogP) is 2.67. The maximum absolute atomic E-state index is 11.9. The molecule has 24 heavy (non-hydrogen) atoms. The standard InChI is InChI=1S/C15H15ClN6O2/c1-9(19-15(23)17-8-12-6-7-18-21-12)13-20-14(24-22-13)10-2-4-11(16)5-3-10/h2-7,9H,8H2,1H3,(H,18,21)(H2,17,19,23)/t9-/m1/s1. The topological polar surface area (TPSA) is 109 Å². The zero-order valence-electron chi connectivity index (χ0n) is 12.8. The predicted molar refractivity (Wildman–Crippen MR) is 87.1 cm³/mol. The third-order valence-corrected chi connectivity index (χ3v) is 3.52. The molecule has 0 aliphatic carbocycles. The first-order valence-corrected chi connectivity index (χ1v) is 7.62. The second-order valence-corrected chi connectivity index (χ2v) is 5.53. The van der Waals surface area contributed by atoms with Gasteiger partial charge in [0.25, 0.3) is 5.89 Å². The highest BCUT2D eigenvalue weighted by atomic mass is 35.5. The molecule has 0 aliphatic heterocycles. The number of benzene rings is 1. The Hall–Kier alpha value is -2.87. The number of carbonyl (C=O) groups excluding carboxylic acids is 1. The van der Waals surface area contributed by atoms with Crippen LogP contribution in [0.4, 0.5) is 4.79 Å². The summed E-state index contributed by atoms with van der Waals surface area (Å²) in [6.07, 6.45) is 1.62. The Morgan fingerprint density at radius 1 is 1.33 bits per heavy atom. The minimum atomic E-state index is -0.406. The van der Waals surface area contributed by atoms with Crippen LogP contribution >= 0.6 is 11.6 Å². The number of halogens is 1. The summed E-state index contributed by atoms with van der Waals surface area (Å²) in [6.45, 7) is 2.12. The first-order chi connectivity index (χ1) is 11.6. The minimum Gasteiger partial charge on any atom is -0.334 e. The van der Waals surface area contributed by atoms with Gasteiger partial charge in [-0.2, -0.15) is 10.1 Å². The molecule has 3 N–H and O–H groups in total. The molecule has 3 rings (SSSR count). The number of nitrogens with zero attached hydrogens (tertiary/aromatic N) is 3. The van der Waals surface area contributed by atoms with Crippen LogP contribution in [0, 0.1) is 0 Å². The van der Waals surface area contributed by atoms with E-state index in [0.717, 1.165) is 11.3 Å². The molecule has 8 nitrogen and oxygen atoms in total. The molecule has 0 saturated heterocycles. The van der Waals surface area contributed by atoms with Gasteiger partial charge in [-0.3, -0.25) is 5.10 Å². The summed E-state index contributed by atoms with van der Waals surface area (Å²) in [7, 11) is 0. The fraction of sp³-hybridized carbons (Fsp3) is 0.200. The summed E-state index contributed by atoms with van der Waals surface area (Å²) >= 11 is 5.85. The molecular formula is C15H15ClN6O2. The van der Waals surface area contributed by atoms with E-state index in [9.17, 15) is 4.79 Å². The van der Waals surface area contributed by atoms with Gasteiger partial charge in [-0.25, -0.2) is 4.79 Å². The van der Waals surface area contributed by atoms with E-state index in [4.69, 9.17) is 16.1 Å². The van der Waals surface area contributed by atoms with E-state index in [1.807, 2.05) is 0 Å². The van der Waals surface area contributed by atoms with Crippen molar-refractivity contribution in [2.45, 2.75) is 19.5 Å². The number of aromatic nitrogens is 4. The molecule has 1 atom stereocenters. The highest BCUT2D eigenvalue weighted by Gasteiger charge is 2.16. The Morgan fingerprint density at radius 2 is 2.12 bits per heavy atom. The van der Waals surface area contributed by atoms with E-state index >= 15 is 0 Å². The lowest BCUT2D eigenvalue weighted by atomic mass is 10.2. The zero-order valence-corrected chi connectivity index (χ0v) is 13.5. The molecule has 1 aromatic carbocycles. The molecule has 0 saturated carbocycles. The van der Waals surface area contributed by atoms with E-state index in [0.29, 0.717) is 23.3 Å². The first-order valence-electron chi connectivity index (χ1n) is 7.24. The lowest BCUT2D eigenvalue weighted by Gasteiger charge is -2.10. The Morgan fingerprint density at radius 3 is 2.83 bits per heavy atom. The summed E-state index contributed by atoms with van der Waals surface area (Å²) in [5.41, 5.74) is 1.57. The van der Waals surface area contributed by atoms with Gasteiger partial charge in [-0.1, -0.05) is 16.8 Å². The summed E-state index contributed by atoms with van der Waals surface area (Å²) in [5.74, 6) is 0.754. The van der Waals surface area contributed by atoms with Crippen molar-refractivity contribution in [3.8, 4) is 11.5 Å². The normalized spacial score (nSPS) is 11.9. The molecule has 0 bridgehead atoms. The summed E-state index contributed by atoms with van der Waals surface area (Å²) in [4.78, 5) is 16.2. The summed E-state index contributed by atoms with van der Waals surface area (Å²) in [6, 6.07) is 8.09. The minimum absolute atomic E-state index is 0.338. The fourth-order valence-electron chi connectivity index (χ4n) is 1.99. The molecule has 2 amide bonds. The molecule has 124 valence electrons. The third kappa shape index (κ3) is 3.90. The molecule has 3 aromatic rings. The molecule has 0 radical (unpaired) electrons. The Bertz CT molecular complexity index is 800. The first kappa shape index (κ1) is 16.0. The van der Waals surface area contributed by atoms with Gasteiger partial charge in [-0.05, 0) is 37.3 Å². The second kappa shape index (κ2) is 7.14. The lowest BCUT2D eigenvalue weighted by Crippen LogP contribution is -2.37. The second-order valence-electron chi connectivity index (χ2n) is 5.10. The van der Waals surface area contributed by atoms with Crippen molar-refractivity contribution >= 4 is 17.6 Å². The summed E-state index contributed by atoms with van der Waals surface area (Å²) in [5, 5.41) is 16.5. The highest BCUT2D eigenvalue weighted by Crippen LogP contribution is 2.21. The number of rotatable bonds is 5. The molecule has 2 aromatic heterocycles. The molecule has 9 heteroatoms. The number of nitrogens with one attached hydrogen (secondary N) is 3. The number of aromatic amines is 1. The van der Waals surface area contributed by atoms with Gasteiger partial charge in [-0.15, -0.1) is 0 Å². The fourth-order valence-corrected chi connectivity index (χ4v) is 2.12. The van der Waals surface area contributed by atoms with Crippen LogP contribution in [-0.2, 0) is 6.54 Å². The van der Waals surface area contributed by atoms with Crippen LogP contribution in [0.25, 0.3) is 11.5 Å².